The SMILES string of the molecule is CCCOc1cccc(N2C(=O)C(c3ccccc3)=C(N(C)CCO)C2=O)c1. The summed E-state index contributed by atoms with van der Waals surface area (Å²) in [6, 6.07) is 16.1. The molecule has 0 atom stereocenters. The largest absolute Gasteiger partial charge is 0.494 e. The molecule has 2 aromatic rings. The van der Waals surface area contributed by atoms with Gasteiger partial charge in [-0.15, -0.1) is 0 Å². The molecule has 0 aromatic heterocycles. The van der Waals surface area contributed by atoms with Crippen molar-refractivity contribution in [2.75, 3.05) is 31.7 Å². The van der Waals surface area contributed by atoms with Gasteiger partial charge in [0.1, 0.15) is 11.4 Å². The molecule has 1 aliphatic heterocycles. The van der Waals surface area contributed by atoms with Crippen molar-refractivity contribution >= 4 is 23.1 Å². The molecule has 1 heterocycles. The molecule has 28 heavy (non-hydrogen) atoms. The van der Waals surface area contributed by atoms with Crippen LogP contribution in [0.5, 0.6) is 5.75 Å². The number of benzene rings is 2. The molecular weight excluding hydrogens is 356 g/mol. The molecule has 0 aliphatic carbocycles. The Bertz CT molecular complexity index is 892. The third-order valence-electron chi connectivity index (χ3n) is 4.49. The standard InChI is InChI=1S/C22H24N2O4/c1-3-14-28-18-11-7-10-17(15-18)24-21(26)19(16-8-5-4-6-9-16)20(22(24)27)23(2)12-13-25/h4-11,15,25H,3,12-14H2,1-2H3. The summed E-state index contributed by atoms with van der Waals surface area (Å²) in [6.45, 7) is 2.70. The average Bonchev–Trinajstić information content (AvgIpc) is 2.97. The van der Waals surface area contributed by atoms with Crippen molar-refractivity contribution in [3.05, 3.63) is 65.9 Å². The summed E-state index contributed by atoms with van der Waals surface area (Å²) in [5, 5.41) is 9.32. The van der Waals surface area contributed by atoms with Gasteiger partial charge in [0.25, 0.3) is 11.8 Å². The molecule has 0 spiro atoms. The van der Waals surface area contributed by atoms with Gasteiger partial charge in [-0.25, -0.2) is 4.90 Å². The Balaban J connectivity index is 2.03. The Labute approximate surface area is 164 Å². The Hall–Kier alpha value is -3.12. The van der Waals surface area contributed by atoms with E-state index in [1.54, 1.807) is 48.3 Å². The number of carbonyl (C=O) groups excluding carboxylic acids is 2. The van der Waals surface area contributed by atoms with Crippen molar-refractivity contribution in [3.8, 4) is 5.75 Å². The molecular formula is C22H24N2O4. The quantitative estimate of drug-likeness (QED) is 0.713. The predicted octanol–water partition coefficient (Wildman–Crippen LogP) is 2.68. The van der Waals surface area contributed by atoms with Crippen LogP contribution in [-0.4, -0.2) is 48.6 Å². The molecule has 0 unspecified atom stereocenters. The van der Waals surface area contributed by atoms with Gasteiger partial charge >= 0.3 is 0 Å². The van der Waals surface area contributed by atoms with Gasteiger partial charge in [0.05, 0.1) is 24.5 Å². The molecule has 1 N–H and O–H groups in total. The van der Waals surface area contributed by atoms with E-state index in [2.05, 4.69) is 0 Å². The lowest BCUT2D eigenvalue weighted by molar-refractivity contribution is -0.120. The van der Waals surface area contributed by atoms with Crippen molar-refractivity contribution in [1.82, 2.24) is 4.90 Å². The molecule has 2 amide bonds. The highest BCUT2D eigenvalue weighted by molar-refractivity contribution is 6.45. The van der Waals surface area contributed by atoms with Gasteiger partial charge in [0.15, 0.2) is 0 Å². The lowest BCUT2D eigenvalue weighted by Crippen LogP contribution is -2.34. The number of carbonyl (C=O) groups is 2. The fourth-order valence-corrected chi connectivity index (χ4v) is 3.17. The smallest absolute Gasteiger partial charge is 0.282 e. The molecule has 0 saturated carbocycles. The van der Waals surface area contributed by atoms with Crippen LogP contribution >= 0.6 is 0 Å². The second-order valence-electron chi connectivity index (χ2n) is 6.53. The van der Waals surface area contributed by atoms with E-state index in [1.807, 2.05) is 25.1 Å². The van der Waals surface area contributed by atoms with E-state index in [4.69, 9.17) is 4.74 Å². The number of nitrogens with zero attached hydrogens (tertiary/aromatic N) is 2. The summed E-state index contributed by atoms with van der Waals surface area (Å²) < 4.78 is 5.64. The van der Waals surface area contributed by atoms with Crippen LogP contribution < -0.4 is 9.64 Å². The topological polar surface area (TPSA) is 70.1 Å². The van der Waals surface area contributed by atoms with Crippen LogP contribution in [0.2, 0.25) is 0 Å². The zero-order valence-corrected chi connectivity index (χ0v) is 16.1. The van der Waals surface area contributed by atoms with Gasteiger partial charge in [-0.2, -0.15) is 0 Å². The van der Waals surface area contributed by atoms with Gasteiger partial charge in [-0.1, -0.05) is 43.3 Å². The maximum Gasteiger partial charge on any atom is 0.282 e. The van der Waals surface area contributed by atoms with Gasteiger partial charge in [0, 0.05) is 19.7 Å². The van der Waals surface area contributed by atoms with Crippen LogP contribution in [0.3, 0.4) is 0 Å². The van der Waals surface area contributed by atoms with Crippen LogP contribution in [0, 0.1) is 0 Å². The van der Waals surface area contributed by atoms with Gasteiger partial charge in [0.2, 0.25) is 0 Å². The minimum atomic E-state index is -0.410. The molecule has 2 aromatic carbocycles. The highest BCUT2D eigenvalue weighted by Gasteiger charge is 2.41. The molecule has 0 bridgehead atoms. The fraction of sp³-hybridized carbons (Fsp3) is 0.273. The highest BCUT2D eigenvalue weighted by Crippen LogP contribution is 2.35. The molecule has 146 valence electrons. The van der Waals surface area contributed by atoms with E-state index in [-0.39, 0.29) is 24.8 Å². The van der Waals surface area contributed by atoms with Crippen LogP contribution in [0.4, 0.5) is 5.69 Å². The first-order valence-electron chi connectivity index (χ1n) is 9.31. The minimum Gasteiger partial charge on any atom is -0.494 e. The van der Waals surface area contributed by atoms with Gasteiger partial charge in [-0.3, -0.25) is 9.59 Å². The fourth-order valence-electron chi connectivity index (χ4n) is 3.17. The molecule has 0 saturated heterocycles. The first-order chi connectivity index (χ1) is 13.6. The van der Waals surface area contributed by atoms with E-state index in [9.17, 15) is 14.7 Å². The molecule has 6 nitrogen and oxygen atoms in total. The van der Waals surface area contributed by atoms with E-state index in [1.165, 1.54) is 4.90 Å². The van der Waals surface area contributed by atoms with Crippen molar-refractivity contribution in [2.24, 2.45) is 0 Å². The van der Waals surface area contributed by atoms with Crippen LogP contribution in [0.15, 0.2) is 60.3 Å². The third kappa shape index (κ3) is 3.77. The van der Waals surface area contributed by atoms with E-state index in [0.29, 0.717) is 29.2 Å². The minimum absolute atomic E-state index is 0.121. The number of hydrogen-bond acceptors (Lipinski definition) is 5. The molecule has 3 rings (SSSR count). The summed E-state index contributed by atoms with van der Waals surface area (Å²) >= 11 is 0. The third-order valence-corrected chi connectivity index (χ3v) is 4.49. The van der Waals surface area contributed by atoms with Crippen molar-refractivity contribution in [3.63, 3.8) is 0 Å². The number of rotatable bonds is 8. The van der Waals surface area contributed by atoms with E-state index in [0.717, 1.165) is 6.42 Å². The van der Waals surface area contributed by atoms with Gasteiger partial charge < -0.3 is 14.7 Å². The second kappa shape index (κ2) is 8.71. The number of aliphatic hydroxyl groups excluding tert-OH is 1. The van der Waals surface area contributed by atoms with Crippen LogP contribution in [0.25, 0.3) is 5.57 Å². The van der Waals surface area contributed by atoms with E-state index < -0.39 is 5.91 Å². The van der Waals surface area contributed by atoms with Crippen LogP contribution in [-0.2, 0) is 9.59 Å². The maximum atomic E-state index is 13.3. The lowest BCUT2D eigenvalue weighted by Gasteiger charge is -2.20. The highest BCUT2D eigenvalue weighted by atomic mass is 16.5. The Morgan fingerprint density at radius 1 is 1.04 bits per heavy atom. The predicted molar refractivity (Wildman–Crippen MR) is 108 cm³/mol. The number of likely N-dealkylation sites (N-methyl/N-ethyl adjacent to an activating group) is 1. The number of imide groups is 1. The first-order valence-corrected chi connectivity index (χ1v) is 9.31. The Morgan fingerprint density at radius 3 is 2.46 bits per heavy atom. The molecule has 1 aliphatic rings. The number of anilines is 1. The summed E-state index contributed by atoms with van der Waals surface area (Å²) in [6.07, 6.45) is 0.863. The zero-order chi connectivity index (χ0) is 20.1. The lowest BCUT2D eigenvalue weighted by atomic mass is 10.0. The average molecular weight is 380 g/mol. The second-order valence-corrected chi connectivity index (χ2v) is 6.53. The van der Waals surface area contributed by atoms with Crippen molar-refractivity contribution in [2.45, 2.75) is 13.3 Å². The molecule has 0 radical (unpaired) electrons. The summed E-state index contributed by atoms with van der Waals surface area (Å²) in [4.78, 5) is 29.3. The van der Waals surface area contributed by atoms with Crippen molar-refractivity contribution in [1.29, 1.82) is 0 Å². The van der Waals surface area contributed by atoms with E-state index >= 15 is 0 Å². The summed E-state index contributed by atoms with van der Waals surface area (Å²) in [7, 11) is 1.70. The monoisotopic (exact) mass is 380 g/mol. The molecule has 0 fully saturated rings. The number of aliphatic hydroxyl groups is 1. The summed E-state index contributed by atoms with van der Waals surface area (Å²) in [5.74, 6) is -0.186. The maximum absolute atomic E-state index is 13.3. The van der Waals surface area contributed by atoms with Gasteiger partial charge in [-0.05, 0) is 24.1 Å². The van der Waals surface area contributed by atoms with Crippen molar-refractivity contribution < 1.29 is 19.4 Å². The number of ether oxygens (including phenoxy) is 1. The Morgan fingerprint density at radius 2 is 1.79 bits per heavy atom. The summed E-state index contributed by atoms with van der Waals surface area (Å²) in [5.41, 5.74) is 1.75. The number of hydrogen-bond donors (Lipinski definition) is 1. The number of amides is 2. The van der Waals surface area contributed by atoms with Crippen LogP contribution in [0.1, 0.15) is 18.9 Å². The zero-order valence-electron chi connectivity index (χ0n) is 16.1. The molecule has 6 heteroatoms. The Kier molecular flexibility index (Phi) is 6.11. The normalized spacial score (nSPS) is 14.0. The first kappa shape index (κ1) is 19.6.